The van der Waals surface area contributed by atoms with Gasteiger partial charge in [-0.1, -0.05) is 313 Å². The van der Waals surface area contributed by atoms with Gasteiger partial charge in [-0.3, -0.25) is 9.59 Å². The summed E-state index contributed by atoms with van der Waals surface area (Å²) in [5, 5.41) is 23.0. The summed E-state index contributed by atoms with van der Waals surface area (Å²) in [5.74, 6) is -0.0601. The summed E-state index contributed by atoms with van der Waals surface area (Å²) in [4.78, 5) is 24.5. The number of esters is 1. The summed E-state index contributed by atoms with van der Waals surface area (Å²) in [5.41, 5.74) is 0. The van der Waals surface area contributed by atoms with Crippen molar-refractivity contribution in [1.82, 2.24) is 5.32 Å². The second-order valence-electron chi connectivity index (χ2n) is 23.5. The first-order valence-corrected chi connectivity index (χ1v) is 34.4. The Balaban J connectivity index is 3.33. The highest BCUT2D eigenvalue weighted by Crippen LogP contribution is 2.18. The molecule has 452 valence electrons. The van der Waals surface area contributed by atoms with Crippen LogP contribution in [0.15, 0.2) is 48.6 Å². The largest absolute Gasteiger partial charge is 0.466 e. The lowest BCUT2D eigenvalue weighted by atomic mass is 10.0. The molecule has 0 saturated carbocycles. The zero-order chi connectivity index (χ0) is 55.7. The van der Waals surface area contributed by atoms with Crippen molar-refractivity contribution >= 4 is 11.9 Å². The number of nitrogens with one attached hydrogen (secondary N) is 1. The number of aliphatic hydroxyl groups is 2. The molecule has 0 bridgehead atoms. The van der Waals surface area contributed by atoms with Gasteiger partial charge in [-0.25, -0.2) is 0 Å². The third kappa shape index (κ3) is 62.9. The van der Waals surface area contributed by atoms with Crippen molar-refractivity contribution in [3.8, 4) is 0 Å². The van der Waals surface area contributed by atoms with Crippen LogP contribution in [0.2, 0.25) is 0 Å². The van der Waals surface area contributed by atoms with Crippen molar-refractivity contribution in [2.24, 2.45) is 0 Å². The van der Waals surface area contributed by atoms with Crippen LogP contribution in [0.1, 0.15) is 367 Å². The average Bonchev–Trinajstić information content (AvgIpc) is 3.43. The van der Waals surface area contributed by atoms with E-state index < -0.39 is 12.1 Å². The van der Waals surface area contributed by atoms with E-state index in [1.54, 1.807) is 6.08 Å². The number of hydrogen-bond donors (Lipinski definition) is 3. The van der Waals surface area contributed by atoms with Crippen LogP contribution in [0.25, 0.3) is 0 Å². The van der Waals surface area contributed by atoms with Crippen LogP contribution >= 0.6 is 0 Å². The van der Waals surface area contributed by atoms with E-state index in [0.29, 0.717) is 19.4 Å². The molecule has 2 atom stereocenters. The molecule has 1 amide bonds. The summed E-state index contributed by atoms with van der Waals surface area (Å²) < 4.78 is 5.49. The Kier molecular flexibility index (Phi) is 64.5. The highest BCUT2D eigenvalue weighted by Gasteiger charge is 2.18. The molecular weight excluding hydrogens is 947 g/mol. The van der Waals surface area contributed by atoms with Crippen LogP contribution in [-0.2, 0) is 14.3 Å². The minimum Gasteiger partial charge on any atom is -0.466 e. The standard InChI is InChI=1S/C71H133NO5/c1-3-5-7-9-11-13-14-15-16-39-42-45-49-53-57-61-65-71(76)77-66-62-58-54-50-46-43-40-37-35-33-31-29-27-25-23-21-19-17-18-20-22-24-26-28-30-32-34-36-38-41-44-48-52-56-60-64-70(75)72-68(67-73)69(74)63-59-55-51-47-12-10-8-6-4-2/h13-14,16,19,21,39,59,63,68-69,73-74H,3-12,15,17-18,20,22-38,40-58,60-62,64-67H2,1-2H3,(H,72,75)/b14-13-,21-19-,39-16-,63-59+. The van der Waals surface area contributed by atoms with Gasteiger partial charge in [0.05, 0.1) is 25.4 Å². The average molecular weight is 1080 g/mol. The summed E-state index contributed by atoms with van der Waals surface area (Å²) in [6.07, 6.45) is 86.4. The highest BCUT2D eigenvalue weighted by molar-refractivity contribution is 5.76. The van der Waals surface area contributed by atoms with E-state index >= 15 is 0 Å². The van der Waals surface area contributed by atoms with Gasteiger partial charge in [0.15, 0.2) is 0 Å². The van der Waals surface area contributed by atoms with Gasteiger partial charge in [0.2, 0.25) is 5.91 Å². The summed E-state index contributed by atoms with van der Waals surface area (Å²) in [6, 6.07) is -0.623. The number of unbranched alkanes of at least 4 members (excludes halogenated alkanes) is 47. The van der Waals surface area contributed by atoms with Crippen molar-refractivity contribution in [3.05, 3.63) is 48.6 Å². The topological polar surface area (TPSA) is 95.9 Å². The second-order valence-corrected chi connectivity index (χ2v) is 23.5. The first-order valence-electron chi connectivity index (χ1n) is 34.4. The molecule has 0 aliphatic heterocycles. The molecule has 0 saturated heterocycles. The van der Waals surface area contributed by atoms with Crippen LogP contribution < -0.4 is 5.32 Å². The minimum absolute atomic E-state index is 0.00633. The van der Waals surface area contributed by atoms with E-state index in [1.807, 2.05) is 6.08 Å². The maximum atomic E-state index is 12.4. The van der Waals surface area contributed by atoms with Crippen LogP contribution in [0.4, 0.5) is 0 Å². The van der Waals surface area contributed by atoms with E-state index in [4.69, 9.17) is 4.74 Å². The number of carbonyl (C=O) groups is 2. The molecule has 6 heteroatoms. The maximum absolute atomic E-state index is 12.4. The van der Waals surface area contributed by atoms with Crippen molar-refractivity contribution in [1.29, 1.82) is 0 Å². The molecule has 6 nitrogen and oxygen atoms in total. The lowest BCUT2D eigenvalue weighted by molar-refractivity contribution is -0.143. The number of allylic oxidation sites excluding steroid dienone is 7. The van der Waals surface area contributed by atoms with Gasteiger partial charge < -0.3 is 20.3 Å². The number of hydrogen-bond acceptors (Lipinski definition) is 5. The molecule has 77 heavy (non-hydrogen) atoms. The van der Waals surface area contributed by atoms with Crippen molar-refractivity contribution in [3.63, 3.8) is 0 Å². The fourth-order valence-electron chi connectivity index (χ4n) is 10.5. The molecule has 0 rings (SSSR count). The Morgan fingerprint density at radius 1 is 0.364 bits per heavy atom. The van der Waals surface area contributed by atoms with Gasteiger partial charge in [-0.15, -0.1) is 0 Å². The maximum Gasteiger partial charge on any atom is 0.305 e. The molecule has 0 aliphatic rings. The number of ether oxygens (including phenoxy) is 1. The molecule has 0 radical (unpaired) electrons. The first kappa shape index (κ1) is 74.8. The van der Waals surface area contributed by atoms with Gasteiger partial charge in [-0.05, 0) is 89.9 Å². The molecule has 2 unspecified atom stereocenters. The molecule has 0 aliphatic carbocycles. The molecule has 0 aromatic heterocycles. The number of aliphatic hydroxyl groups excluding tert-OH is 2. The Morgan fingerprint density at radius 3 is 1.01 bits per heavy atom. The zero-order valence-corrected chi connectivity index (χ0v) is 51.7. The molecule has 0 spiro atoms. The van der Waals surface area contributed by atoms with Gasteiger partial charge in [0.1, 0.15) is 0 Å². The highest BCUT2D eigenvalue weighted by atomic mass is 16.5. The van der Waals surface area contributed by atoms with Crippen molar-refractivity contribution in [2.45, 2.75) is 379 Å². The smallest absolute Gasteiger partial charge is 0.305 e. The van der Waals surface area contributed by atoms with E-state index in [-0.39, 0.29) is 18.5 Å². The van der Waals surface area contributed by atoms with E-state index in [9.17, 15) is 19.8 Å². The zero-order valence-electron chi connectivity index (χ0n) is 51.7. The Bertz CT molecular complexity index is 1290. The van der Waals surface area contributed by atoms with E-state index in [1.165, 1.54) is 289 Å². The molecule has 0 fully saturated rings. The normalized spacial score (nSPS) is 12.8. The lowest BCUT2D eigenvalue weighted by Crippen LogP contribution is -2.45. The van der Waals surface area contributed by atoms with E-state index in [0.717, 1.165) is 51.4 Å². The molecule has 0 heterocycles. The summed E-state index contributed by atoms with van der Waals surface area (Å²) in [7, 11) is 0. The quantitative estimate of drug-likeness (QED) is 0.0320. The van der Waals surface area contributed by atoms with Gasteiger partial charge in [0.25, 0.3) is 0 Å². The number of carbonyl (C=O) groups excluding carboxylic acids is 2. The van der Waals surface area contributed by atoms with Crippen LogP contribution in [-0.4, -0.2) is 47.4 Å². The second kappa shape index (κ2) is 66.3. The predicted octanol–water partition coefficient (Wildman–Crippen LogP) is 22.1. The first-order chi connectivity index (χ1) is 38.0. The molecular formula is C71H133NO5. The number of rotatable bonds is 64. The van der Waals surface area contributed by atoms with Crippen LogP contribution in [0, 0.1) is 0 Å². The molecule has 0 aromatic carbocycles. The summed E-state index contributed by atoms with van der Waals surface area (Å²) in [6.45, 7) is 4.87. The van der Waals surface area contributed by atoms with Gasteiger partial charge in [-0.2, -0.15) is 0 Å². The molecule has 3 N–H and O–H groups in total. The van der Waals surface area contributed by atoms with Crippen molar-refractivity contribution < 1.29 is 24.5 Å². The summed E-state index contributed by atoms with van der Waals surface area (Å²) >= 11 is 0. The monoisotopic (exact) mass is 1080 g/mol. The Hall–Kier alpha value is -2.18. The van der Waals surface area contributed by atoms with Crippen molar-refractivity contribution in [2.75, 3.05) is 13.2 Å². The number of amides is 1. The SMILES string of the molecule is CCCCCC/C=C\C/C=C\CCCCCCCC(=O)OCCCCCCCCCCCCCCCC/C=C\CCCCCCCCCCCCCCCCCCCC(=O)NC(CO)C(O)/C=C/CCCCCCCCC. The lowest BCUT2D eigenvalue weighted by Gasteiger charge is -2.20. The van der Waals surface area contributed by atoms with E-state index in [2.05, 4.69) is 55.6 Å². The third-order valence-electron chi connectivity index (χ3n) is 15.8. The fourth-order valence-corrected chi connectivity index (χ4v) is 10.5. The Morgan fingerprint density at radius 2 is 0.649 bits per heavy atom. The fraction of sp³-hybridized carbons (Fsp3) is 0.859. The van der Waals surface area contributed by atoms with Gasteiger partial charge >= 0.3 is 5.97 Å². The predicted molar refractivity (Wildman–Crippen MR) is 338 cm³/mol. The van der Waals surface area contributed by atoms with Gasteiger partial charge in [0, 0.05) is 12.8 Å². The van der Waals surface area contributed by atoms with Crippen LogP contribution in [0.3, 0.4) is 0 Å². The Labute approximate surface area is 480 Å². The van der Waals surface area contributed by atoms with Crippen LogP contribution in [0.5, 0.6) is 0 Å². The molecule has 0 aromatic rings. The minimum atomic E-state index is -0.840. The third-order valence-corrected chi connectivity index (χ3v) is 15.8.